The summed E-state index contributed by atoms with van der Waals surface area (Å²) < 4.78 is 1.97. The molecule has 0 fully saturated rings. The fourth-order valence-electron chi connectivity index (χ4n) is 2.18. The summed E-state index contributed by atoms with van der Waals surface area (Å²) >= 11 is 0. The molecule has 0 bridgehead atoms. The third-order valence-electron chi connectivity index (χ3n) is 3.41. The molecule has 0 aliphatic rings. The second-order valence-electron chi connectivity index (χ2n) is 5.63. The predicted octanol–water partition coefficient (Wildman–Crippen LogP) is 2.85. The van der Waals surface area contributed by atoms with Crippen LogP contribution >= 0.6 is 0 Å². The lowest BCUT2D eigenvalue weighted by Crippen LogP contribution is -2.29. The van der Waals surface area contributed by atoms with Crippen LogP contribution < -0.4 is 5.32 Å². The second kappa shape index (κ2) is 6.66. The van der Waals surface area contributed by atoms with Crippen molar-refractivity contribution in [3.8, 4) is 0 Å². The Morgan fingerprint density at radius 2 is 1.95 bits per heavy atom. The monoisotopic (exact) mass is 260 g/mol. The number of para-hydroxylation sites is 1. The number of aromatic nitrogens is 3. The van der Waals surface area contributed by atoms with Crippen molar-refractivity contribution in [3.05, 3.63) is 24.3 Å². The van der Waals surface area contributed by atoms with Crippen molar-refractivity contribution < 1.29 is 0 Å². The first-order valence-corrected chi connectivity index (χ1v) is 7.18. The fourth-order valence-corrected chi connectivity index (χ4v) is 2.18. The van der Waals surface area contributed by atoms with Crippen LogP contribution in [0.2, 0.25) is 0 Å². The van der Waals surface area contributed by atoms with E-state index in [9.17, 15) is 0 Å². The van der Waals surface area contributed by atoms with Crippen molar-refractivity contribution in [1.29, 1.82) is 0 Å². The van der Waals surface area contributed by atoms with Gasteiger partial charge in [-0.15, -0.1) is 5.10 Å². The molecule has 1 aromatic carbocycles. The molecule has 1 aromatic heterocycles. The van der Waals surface area contributed by atoms with Crippen molar-refractivity contribution in [2.45, 2.75) is 46.2 Å². The quantitative estimate of drug-likeness (QED) is 0.832. The number of fused-ring (bicyclic) bond motifs is 1. The van der Waals surface area contributed by atoms with Gasteiger partial charge in [-0.25, -0.2) is 4.68 Å². The van der Waals surface area contributed by atoms with Crippen molar-refractivity contribution in [2.24, 2.45) is 5.92 Å². The van der Waals surface area contributed by atoms with Gasteiger partial charge in [0.2, 0.25) is 0 Å². The summed E-state index contributed by atoms with van der Waals surface area (Å²) in [6, 6.07) is 8.65. The molecule has 2 aromatic rings. The smallest absolute Gasteiger partial charge is 0.113 e. The normalized spacial score (nSPS) is 13.3. The van der Waals surface area contributed by atoms with Crippen LogP contribution in [0.5, 0.6) is 0 Å². The van der Waals surface area contributed by atoms with E-state index < -0.39 is 0 Å². The van der Waals surface area contributed by atoms with E-state index in [4.69, 9.17) is 0 Å². The van der Waals surface area contributed by atoms with Gasteiger partial charge in [0, 0.05) is 12.6 Å². The summed E-state index contributed by atoms with van der Waals surface area (Å²) in [5.74, 6) is 0.781. The van der Waals surface area contributed by atoms with Gasteiger partial charge in [-0.05, 0) is 37.8 Å². The van der Waals surface area contributed by atoms with E-state index in [0.29, 0.717) is 6.04 Å². The van der Waals surface area contributed by atoms with E-state index in [1.54, 1.807) is 0 Å². The summed E-state index contributed by atoms with van der Waals surface area (Å²) in [7, 11) is 0. The van der Waals surface area contributed by atoms with Gasteiger partial charge in [0.25, 0.3) is 0 Å². The largest absolute Gasteiger partial charge is 0.312 e. The predicted molar refractivity (Wildman–Crippen MR) is 79.1 cm³/mol. The van der Waals surface area contributed by atoms with E-state index in [1.165, 1.54) is 12.8 Å². The van der Waals surface area contributed by atoms with E-state index in [1.807, 2.05) is 22.9 Å². The SMILES string of the molecule is CC(C)CCC(C)NCCn1nnc2ccccc21. The Morgan fingerprint density at radius 3 is 2.74 bits per heavy atom. The van der Waals surface area contributed by atoms with E-state index in [2.05, 4.69) is 42.5 Å². The standard InChI is InChI=1S/C15H24N4/c1-12(2)8-9-13(3)16-10-11-19-15-7-5-4-6-14(15)17-18-19/h4-7,12-13,16H,8-11H2,1-3H3. The maximum absolute atomic E-state index is 4.19. The molecule has 1 N–H and O–H groups in total. The first-order valence-electron chi connectivity index (χ1n) is 7.18. The Kier molecular flexibility index (Phi) is 4.91. The Labute approximate surface area is 115 Å². The molecule has 0 aliphatic heterocycles. The molecular formula is C15H24N4. The number of hydrogen-bond acceptors (Lipinski definition) is 3. The average Bonchev–Trinajstić information content (AvgIpc) is 2.80. The Bertz CT molecular complexity index is 504. The maximum Gasteiger partial charge on any atom is 0.113 e. The molecule has 0 spiro atoms. The molecule has 1 unspecified atom stereocenters. The van der Waals surface area contributed by atoms with E-state index in [-0.39, 0.29) is 0 Å². The van der Waals surface area contributed by atoms with Gasteiger partial charge in [0.05, 0.1) is 12.1 Å². The molecule has 1 atom stereocenters. The summed E-state index contributed by atoms with van der Waals surface area (Å²) in [4.78, 5) is 0. The van der Waals surface area contributed by atoms with Gasteiger partial charge < -0.3 is 5.32 Å². The zero-order chi connectivity index (χ0) is 13.7. The van der Waals surface area contributed by atoms with Gasteiger partial charge in [-0.2, -0.15) is 0 Å². The van der Waals surface area contributed by atoms with Crippen LogP contribution in [0.25, 0.3) is 11.0 Å². The van der Waals surface area contributed by atoms with Crippen molar-refractivity contribution in [1.82, 2.24) is 20.3 Å². The van der Waals surface area contributed by atoms with Gasteiger partial charge in [-0.1, -0.05) is 31.2 Å². The molecule has 0 saturated heterocycles. The highest BCUT2D eigenvalue weighted by Crippen LogP contribution is 2.09. The summed E-state index contributed by atoms with van der Waals surface area (Å²) in [5.41, 5.74) is 2.08. The van der Waals surface area contributed by atoms with E-state index in [0.717, 1.165) is 30.0 Å². The lowest BCUT2D eigenvalue weighted by Gasteiger charge is -2.14. The second-order valence-corrected chi connectivity index (χ2v) is 5.63. The molecule has 0 aliphatic carbocycles. The molecule has 0 saturated carbocycles. The molecule has 4 heteroatoms. The first kappa shape index (κ1) is 14.0. The zero-order valence-electron chi connectivity index (χ0n) is 12.1. The lowest BCUT2D eigenvalue weighted by molar-refractivity contribution is 0.435. The van der Waals surface area contributed by atoms with Gasteiger partial charge >= 0.3 is 0 Å². The topological polar surface area (TPSA) is 42.7 Å². The van der Waals surface area contributed by atoms with Crippen molar-refractivity contribution in [3.63, 3.8) is 0 Å². The van der Waals surface area contributed by atoms with Crippen molar-refractivity contribution >= 4 is 11.0 Å². The molecule has 0 radical (unpaired) electrons. The first-order chi connectivity index (χ1) is 9.16. The van der Waals surface area contributed by atoms with Crippen LogP contribution in [0.4, 0.5) is 0 Å². The molecule has 4 nitrogen and oxygen atoms in total. The number of nitrogens with zero attached hydrogens (tertiary/aromatic N) is 3. The van der Waals surface area contributed by atoms with Crippen LogP contribution in [-0.4, -0.2) is 27.6 Å². The van der Waals surface area contributed by atoms with Gasteiger partial charge in [-0.3, -0.25) is 0 Å². The molecule has 2 rings (SSSR count). The van der Waals surface area contributed by atoms with Crippen LogP contribution in [0.1, 0.15) is 33.6 Å². The highest BCUT2D eigenvalue weighted by molar-refractivity contribution is 5.73. The number of benzene rings is 1. The number of nitrogens with one attached hydrogen (secondary N) is 1. The Balaban J connectivity index is 1.79. The third-order valence-corrected chi connectivity index (χ3v) is 3.41. The Hall–Kier alpha value is -1.42. The van der Waals surface area contributed by atoms with Crippen LogP contribution in [0.15, 0.2) is 24.3 Å². The summed E-state index contributed by atoms with van der Waals surface area (Å²) in [6.45, 7) is 8.60. The molecular weight excluding hydrogens is 236 g/mol. The lowest BCUT2D eigenvalue weighted by atomic mass is 10.0. The van der Waals surface area contributed by atoms with Crippen LogP contribution in [0, 0.1) is 5.92 Å². The average molecular weight is 260 g/mol. The van der Waals surface area contributed by atoms with Crippen molar-refractivity contribution in [2.75, 3.05) is 6.54 Å². The van der Waals surface area contributed by atoms with E-state index >= 15 is 0 Å². The fraction of sp³-hybridized carbons (Fsp3) is 0.600. The Morgan fingerprint density at radius 1 is 1.16 bits per heavy atom. The van der Waals surface area contributed by atoms with Gasteiger partial charge in [0.15, 0.2) is 0 Å². The maximum atomic E-state index is 4.19. The summed E-state index contributed by atoms with van der Waals surface area (Å²) in [5, 5.41) is 11.9. The number of rotatable bonds is 7. The third kappa shape index (κ3) is 4.03. The highest BCUT2D eigenvalue weighted by Gasteiger charge is 2.05. The van der Waals surface area contributed by atoms with Gasteiger partial charge in [0.1, 0.15) is 5.52 Å². The van der Waals surface area contributed by atoms with Crippen LogP contribution in [-0.2, 0) is 6.54 Å². The minimum absolute atomic E-state index is 0.567. The molecule has 19 heavy (non-hydrogen) atoms. The minimum Gasteiger partial charge on any atom is -0.312 e. The zero-order valence-corrected chi connectivity index (χ0v) is 12.1. The minimum atomic E-state index is 0.567. The highest BCUT2D eigenvalue weighted by atomic mass is 15.4. The molecule has 0 amide bonds. The molecule has 1 heterocycles. The van der Waals surface area contributed by atoms with Crippen LogP contribution in [0.3, 0.4) is 0 Å². The molecule has 104 valence electrons. The summed E-state index contributed by atoms with van der Waals surface area (Å²) in [6.07, 6.45) is 2.51. The number of hydrogen-bond donors (Lipinski definition) is 1.